The minimum Gasteiger partial charge on any atom is -0.317 e. The van der Waals surface area contributed by atoms with Crippen LogP contribution in [-0.2, 0) is 13.0 Å². The van der Waals surface area contributed by atoms with E-state index in [9.17, 15) is 0 Å². The summed E-state index contributed by atoms with van der Waals surface area (Å²) in [6.45, 7) is 5.66. The number of fused-ring (bicyclic) bond motifs is 1. The maximum absolute atomic E-state index is 4.76. The van der Waals surface area contributed by atoms with Crippen molar-refractivity contribution in [1.29, 1.82) is 0 Å². The highest BCUT2D eigenvalue weighted by atomic mass is 15.4. The molecule has 1 atom stereocenters. The van der Waals surface area contributed by atoms with E-state index in [1.54, 1.807) is 0 Å². The maximum Gasteiger partial charge on any atom is 0.151 e. The molecule has 4 heteroatoms. The number of hydrogen-bond donors (Lipinski definition) is 1. The molecule has 2 aliphatic rings. The van der Waals surface area contributed by atoms with Gasteiger partial charge < -0.3 is 5.32 Å². The van der Waals surface area contributed by atoms with Crippen LogP contribution >= 0.6 is 0 Å². The summed E-state index contributed by atoms with van der Waals surface area (Å²) in [4.78, 5) is 4.76. The fourth-order valence-electron chi connectivity index (χ4n) is 3.04. The molecule has 0 aromatic carbocycles. The molecule has 1 aromatic heterocycles. The van der Waals surface area contributed by atoms with Crippen LogP contribution in [0.15, 0.2) is 0 Å². The first kappa shape index (κ1) is 11.2. The van der Waals surface area contributed by atoms with Crippen molar-refractivity contribution in [2.24, 2.45) is 5.92 Å². The molecular weight excluding hydrogens is 212 g/mol. The maximum atomic E-state index is 4.76. The number of aryl methyl sites for hydroxylation is 1. The monoisotopic (exact) mass is 234 g/mol. The molecule has 3 rings (SSSR count). The molecule has 0 aliphatic carbocycles. The zero-order valence-electron chi connectivity index (χ0n) is 10.7. The summed E-state index contributed by atoms with van der Waals surface area (Å²) in [5.74, 6) is 3.69. The Morgan fingerprint density at radius 2 is 2.12 bits per heavy atom. The zero-order chi connectivity index (χ0) is 11.7. The van der Waals surface area contributed by atoms with E-state index in [1.165, 1.54) is 31.5 Å². The number of hydrogen-bond acceptors (Lipinski definition) is 3. The first-order valence-electron chi connectivity index (χ1n) is 6.97. The minimum absolute atomic E-state index is 0.595. The molecule has 0 saturated carbocycles. The van der Waals surface area contributed by atoms with E-state index in [0.717, 1.165) is 37.8 Å². The first-order chi connectivity index (χ1) is 8.33. The average Bonchev–Trinajstić information content (AvgIpc) is 2.74. The Hall–Kier alpha value is -0.900. The number of piperidine rings is 1. The molecule has 1 N–H and O–H groups in total. The molecule has 1 unspecified atom stereocenters. The van der Waals surface area contributed by atoms with Gasteiger partial charge in [-0.3, -0.25) is 0 Å². The van der Waals surface area contributed by atoms with E-state index >= 15 is 0 Å². The predicted molar refractivity (Wildman–Crippen MR) is 67.0 cm³/mol. The van der Waals surface area contributed by atoms with Gasteiger partial charge in [-0.05, 0) is 44.7 Å². The van der Waals surface area contributed by atoms with E-state index in [0.29, 0.717) is 5.92 Å². The summed E-state index contributed by atoms with van der Waals surface area (Å²) in [7, 11) is 0. The van der Waals surface area contributed by atoms with Crippen molar-refractivity contribution in [3.05, 3.63) is 11.6 Å². The zero-order valence-corrected chi connectivity index (χ0v) is 10.7. The van der Waals surface area contributed by atoms with Gasteiger partial charge in [-0.25, -0.2) is 9.67 Å². The Morgan fingerprint density at radius 1 is 1.29 bits per heavy atom. The van der Waals surface area contributed by atoms with Crippen molar-refractivity contribution >= 4 is 0 Å². The van der Waals surface area contributed by atoms with Crippen LogP contribution in [0.1, 0.15) is 50.2 Å². The van der Waals surface area contributed by atoms with Crippen molar-refractivity contribution in [3.63, 3.8) is 0 Å². The highest BCUT2D eigenvalue weighted by Crippen LogP contribution is 2.25. The Labute approximate surface area is 103 Å². The van der Waals surface area contributed by atoms with Crippen molar-refractivity contribution in [2.75, 3.05) is 13.1 Å². The number of nitrogens with zero attached hydrogens (tertiary/aromatic N) is 3. The van der Waals surface area contributed by atoms with Gasteiger partial charge in [0.15, 0.2) is 5.82 Å². The Kier molecular flexibility index (Phi) is 3.14. The fourth-order valence-corrected chi connectivity index (χ4v) is 3.04. The number of nitrogens with one attached hydrogen (secondary N) is 1. The lowest BCUT2D eigenvalue weighted by Crippen LogP contribution is -2.28. The van der Waals surface area contributed by atoms with Crippen LogP contribution in [0.4, 0.5) is 0 Å². The van der Waals surface area contributed by atoms with E-state index in [2.05, 4.69) is 22.0 Å². The minimum atomic E-state index is 0.595. The van der Waals surface area contributed by atoms with Gasteiger partial charge in [0.1, 0.15) is 5.82 Å². The second kappa shape index (κ2) is 4.77. The second-order valence-electron chi connectivity index (χ2n) is 5.55. The quantitative estimate of drug-likeness (QED) is 0.847. The summed E-state index contributed by atoms with van der Waals surface area (Å²) < 4.78 is 2.14. The normalized spacial score (nSPS) is 25.8. The van der Waals surface area contributed by atoms with Crippen LogP contribution in [0.3, 0.4) is 0 Å². The Balaban J connectivity index is 1.71. The van der Waals surface area contributed by atoms with Gasteiger partial charge in [0.05, 0.1) is 0 Å². The molecule has 0 bridgehead atoms. The van der Waals surface area contributed by atoms with Gasteiger partial charge in [-0.2, -0.15) is 5.10 Å². The lowest BCUT2D eigenvalue weighted by atomic mass is 9.94. The fraction of sp³-hybridized carbons (Fsp3) is 0.846. The van der Waals surface area contributed by atoms with Crippen LogP contribution in [0.5, 0.6) is 0 Å². The molecule has 2 aliphatic heterocycles. The third-order valence-corrected chi connectivity index (χ3v) is 4.12. The lowest BCUT2D eigenvalue weighted by Gasteiger charge is -2.21. The van der Waals surface area contributed by atoms with Gasteiger partial charge in [-0.1, -0.05) is 6.92 Å². The van der Waals surface area contributed by atoms with E-state index in [-0.39, 0.29) is 0 Å². The SMILES string of the molecule is CC1CCCn2nc(CC3CCNCC3)nc21. The van der Waals surface area contributed by atoms with Crippen LogP contribution < -0.4 is 5.32 Å². The molecule has 1 saturated heterocycles. The predicted octanol–water partition coefficient (Wildman–Crippen LogP) is 1.72. The Morgan fingerprint density at radius 3 is 2.88 bits per heavy atom. The smallest absolute Gasteiger partial charge is 0.151 e. The molecular formula is C13H22N4. The number of rotatable bonds is 2. The largest absolute Gasteiger partial charge is 0.317 e. The molecule has 4 nitrogen and oxygen atoms in total. The van der Waals surface area contributed by atoms with Crippen LogP contribution in [0.2, 0.25) is 0 Å². The number of aromatic nitrogens is 3. The van der Waals surface area contributed by atoms with Gasteiger partial charge in [0, 0.05) is 18.9 Å². The Bertz CT molecular complexity index is 379. The third kappa shape index (κ3) is 2.37. The summed E-state index contributed by atoms with van der Waals surface area (Å²) in [6.07, 6.45) is 6.16. The topological polar surface area (TPSA) is 42.7 Å². The average molecular weight is 234 g/mol. The molecule has 3 heterocycles. The first-order valence-corrected chi connectivity index (χ1v) is 6.97. The van der Waals surface area contributed by atoms with Crippen LogP contribution in [0.25, 0.3) is 0 Å². The van der Waals surface area contributed by atoms with E-state index in [1.807, 2.05) is 0 Å². The molecule has 94 valence electrons. The van der Waals surface area contributed by atoms with Crippen molar-refractivity contribution < 1.29 is 0 Å². The highest BCUT2D eigenvalue weighted by Gasteiger charge is 2.22. The van der Waals surface area contributed by atoms with Gasteiger partial charge in [0.2, 0.25) is 0 Å². The van der Waals surface area contributed by atoms with Crippen LogP contribution in [0, 0.1) is 5.92 Å². The lowest BCUT2D eigenvalue weighted by molar-refractivity contribution is 0.366. The third-order valence-electron chi connectivity index (χ3n) is 4.12. The summed E-state index contributed by atoms with van der Waals surface area (Å²) in [5.41, 5.74) is 0. The van der Waals surface area contributed by atoms with Gasteiger partial charge in [-0.15, -0.1) is 0 Å². The molecule has 0 amide bonds. The second-order valence-corrected chi connectivity index (χ2v) is 5.55. The summed E-state index contributed by atoms with van der Waals surface area (Å²) in [5, 5.41) is 8.09. The summed E-state index contributed by atoms with van der Waals surface area (Å²) >= 11 is 0. The van der Waals surface area contributed by atoms with Crippen LogP contribution in [-0.4, -0.2) is 27.9 Å². The van der Waals surface area contributed by atoms with Crippen molar-refractivity contribution in [1.82, 2.24) is 20.1 Å². The highest BCUT2D eigenvalue weighted by molar-refractivity contribution is 5.02. The molecule has 0 radical (unpaired) electrons. The van der Waals surface area contributed by atoms with E-state index < -0.39 is 0 Å². The summed E-state index contributed by atoms with van der Waals surface area (Å²) in [6, 6.07) is 0. The van der Waals surface area contributed by atoms with Gasteiger partial charge in [0.25, 0.3) is 0 Å². The van der Waals surface area contributed by atoms with E-state index in [4.69, 9.17) is 4.98 Å². The van der Waals surface area contributed by atoms with Gasteiger partial charge >= 0.3 is 0 Å². The molecule has 17 heavy (non-hydrogen) atoms. The molecule has 1 fully saturated rings. The van der Waals surface area contributed by atoms with Crippen molar-refractivity contribution in [2.45, 2.75) is 51.5 Å². The van der Waals surface area contributed by atoms with Crippen molar-refractivity contribution in [3.8, 4) is 0 Å². The molecule has 1 aromatic rings. The standard InChI is InChI=1S/C13H22N4/c1-10-3-2-8-17-13(10)15-12(16-17)9-11-4-6-14-7-5-11/h10-11,14H,2-9H2,1H3. The molecule has 0 spiro atoms.